The Morgan fingerprint density at radius 3 is 2.85 bits per heavy atom. The molecule has 0 radical (unpaired) electrons. The number of nitrogens with one attached hydrogen (secondary N) is 1. The molecule has 2 unspecified atom stereocenters. The van der Waals surface area contributed by atoms with E-state index >= 15 is 0 Å². The summed E-state index contributed by atoms with van der Waals surface area (Å²) in [6.07, 6.45) is 2.24. The van der Waals surface area contributed by atoms with Crippen LogP contribution in [-0.2, 0) is 21.1 Å². The van der Waals surface area contributed by atoms with E-state index in [1.807, 2.05) is 0 Å². The van der Waals surface area contributed by atoms with Crippen LogP contribution in [-0.4, -0.2) is 33.9 Å². The summed E-state index contributed by atoms with van der Waals surface area (Å²) in [5, 5.41) is 3.85. The van der Waals surface area contributed by atoms with E-state index in [1.165, 1.54) is 6.26 Å². The van der Waals surface area contributed by atoms with Gasteiger partial charge in [-0.1, -0.05) is 17.7 Å². The molecule has 0 amide bonds. The first-order valence-corrected chi connectivity index (χ1v) is 8.95. The van der Waals surface area contributed by atoms with E-state index in [-0.39, 0.29) is 6.04 Å². The maximum atomic E-state index is 11.8. The Balaban J connectivity index is 2.12. The highest BCUT2D eigenvalue weighted by molar-refractivity contribution is 7.90. The van der Waals surface area contributed by atoms with Crippen molar-refractivity contribution in [3.63, 3.8) is 0 Å². The molecular formula is C14H20ClNO3S. The van der Waals surface area contributed by atoms with Crippen LogP contribution in [0.5, 0.6) is 0 Å². The third-order valence-electron chi connectivity index (χ3n) is 3.75. The number of hydrogen-bond donors (Lipinski definition) is 1. The lowest BCUT2D eigenvalue weighted by atomic mass is 10.0. The van der Waals surface area contributed by atoms with E-state index in [1.54, 1.807) is 18.2 Å². The molecule has 1 aliphatic heterocycles. The lowest BCUT2D eigenvalue weighted by Crippen LogP contribution is -2.33. The predicted octanol–water partition coefficient (Wildman–Crippen LogP) is 2.26. The summed E-state index contributed by atoms with van der Waals surface area (Å²) in [6, 6.07) is 5.25. The van der Waals surface area contributed by atoms with Crippen molar-refractivity contribution < 1.29 is 13.2 Å². The maximum Gasteiger partial charge on any atom is 0.175 e. The Hall–Kier alpha value is -0.620. The standard InChI is InChI=1S/C14H20ClNO3S/c1-10(11-6-7-19-9-11)16-8-12-13(15)4-3-5-14(12)20(2,17)18/h3-5,10-11,16H,6-9H2,1-2H3. The average Bonchev–Trinajstić information content (AvgIpc) is 2.89. The van der Waals surface area contributed by atoms with Crippen LogP contribution in [0.15, 0.2) is 23.1 Å². The first-order valence-electron chi connectivity index (χ1n) is 6.68. The minimum Gasteiger partial charge on any atom is -0.381 e. The Bertz CT molecular complexity index is 568. The zero-order valence-corrected chi connectivity index (χ0v) is 13.3. The second kappa shape index (κ2) is 6.43. The maximum absolute atomic E-state index is 11.8. The van der Waals surface area contributed by atoms with Crippen molar-refractivity contribution in [2.75, 3.05) is 19.5 Å². The number of benzene rings is 1. The van der Waals surface area contributed by atoms with Gasteiger partial charge in [0.15, 0.2) is 9.84 Å². The van der Waals surface area contributed by atoms with E-state index in [4.69, 9.17) is 16.3 Å². The zero-order chi connectivity index (χ0) is 14.8. The third kappa shape index (κ3) is 3.73. The summed E-state index contributed by atoms with van der Waals surface area (Å²) >= 11 is 6.15. The molecule has 1 fully saturated rings. The van der Waals surface area contributed by atoms with Gasteiger partial charge in [-0.15, -0.1) is 0 Å². The molecule has 112 valence electrons. The van der Waals surface area contributed by atoms with E-state index < -0.39 is 9.84 Å². The molecule has 4 nitrogen and oxygen atoms in total. The monoisotopic (exact) mass is 317 g/mol. The van der Waals surface area contributed by atoms with Crippen LogP contribution < -0.4 is 5.32 Å². The molecule has 1 aliphatic rings. The van der Waals surface area contributed by atoms with Crippen molar-refractivity contribution in [2.45, 2.75) is 30.8 Å². The van der Waals surface area contributed by atoms with E-state index in [0.29, 0.717) is 27.9 Å². The number of sulfone groups is 1. The van der Waals surface area contributed by atoms with Crippen LogP contribution in [0.2, 0.25) is 5.02 Å². The molecule has 0 aliphatic carbocycles. The Kier molecular flexibility index (Phi) is 5.07. The van der Waals surface area contributed by atoms with Crippen molar-refractivity contribution in [3.8, 4) is 0 Å². The number of halogens is 1. The normalized spacial score (nSPS) is 21.1. The predicted molar refractivity (Wildman–Crippen MR) is 79.8 cm³/mol. The quantitative estimate of drug-likeness (QED) is 0.905. The Morgan fingerprint density at radius 1 is 1.50 bits per heavy atom. The van der Waals surface area contributed by atoms with E-state index in [9.17, 15) is 8.42 Å². The SMILES string of the molecule is CC(NCc1c(Cl)cccc1S(C)(=O)=O)C1CCOC1. The molecule has 1 aromatic carbocycles. The summed E-state index contributed by atoms with van der Waals surface area (Å²) in [7, 11) is -3.27. The summed E-state index contributed by atoms with van der Waals surface area (Å²) in [6.45, 7) is 4.10. The Labute approximate surface area is 125 Å². The fourth-order valence-corrected chi connectivity index (χ4v) is 3.69. The topological polar surface area (TPSA) is 55.4 Å². The van der Waals surface area contributed by atoms with Crippen molar-refractivity contribution in [1.29, 1.82) is 0 Å². The molecule has 1 aromatic rings. The van der Waals surface area contributed by atoms with Crippen LogP contribution in [0.25, 0.3) is 0 Å². The molecule has 2 atom stereocenters. The van der Waals surface area contributed by atoms with E-state index in [0.717, 1.165) is 19.6 Å². The molecule has 1 N–H and O–H groups in total. The molecule has 1 saturated heterocycles. The number of rotatable bonds is 5. The van der Waals surface area contributed by atoms with Gasteiger partial charge in [-0.05, 0) is 31.4 Å². The summed E-state index contributed by atoms with van der Waals surface area (Å²) in [4.78, 5) is 0.298. The average molecular weight is 318 g/mol. The van der Waals surface area contributed by atoms with Crippen LogP contribution in [0.3, 0.4) is 0 Å². The van der Waals surface area contributed by atoms with Gasteiger partial charge < -0.3 is 10.1 Å². The van der Waals surface area contributed by atoms with Gasteiger partial charge in [0.25, 0.3) is 0 Å². The van der Waals surface area contributed by atoms with Crippen LogP contribution >= 0.6 is 11.6 Å². The molecule has 20 heavy (non-hydrogen) atoms. The van der Waals surface area contributed by atoms with Gasteiger partial charge in [-0.3, -0.25) is 0 Å². The van der Waals surface area contributed by atoms with Gasteiger partial charge >= 0.3 is 0 Å². The Morgan fingerprint density at radius 2 is 2.25 bits per heavy atom. The first-order chi connectivity index (χ1) is 9.39. The van der Waals surface area contributed by atoms with Crippen molar-refractivity contribution in [2.24, 2.45) is 5.92 Å². The molecule has 6 heteroatoms. The molecule has 0 spiro atoms. The zero-order valence-electron chi connectivity index (χ0n) is 11.7. The second-order valence-electron chi connectivity index (χ2n) is 5.28. The van der Waals surface area contributed by atoms with Crippen LogP contribution in [0.4, 0.5) is 0 Å². The smallest absolute Gasteiger partial charge is 0.175 e. The lowest BCUT2D eigenvalue weighted by Gasteiger charge is -2.20. The number of ether oxygens (including phenoxy) is 1. The van der Waals surface area contributed by atoms with Gasteiger partial charge in [0.05, 0.1) is 11.5 Å². The molecule has 0 bridgehead atoms. The lowest BCUT2D eigenvalue weighted by molar-refractivity contribution is 0.178. The molecular weight excluding hydrogens is 298 g/mol. The minimum absolute atomic E-state index is 0.265. The van der Waals surface area contributed by atoms with Gasteiger partial charge in [0, 0.05) is 36.0 Å². The molecule has 0 saturated carbocycles. The molecule has 2 rings (SSSR count). The molecule has 1 heterocycles. The highest BCUT2D eigenvalue weighted by Gasteiger charge is 2.23. The van der Waals surface area contributed by atoms with Gasteiger partial charge in [0.2, 0.25) is 0 Å². The fraction of sp³-hybridized carbons (Fsp3) is 0.571. The first kappa shape index (κ1) is 15.8. The summed E-state index contributed by atoms with van der Waals surface area (Å²) in [5.74, 6) is 0.471. The van der Waals surface area contributed by atoms with Crippen molar-refractivity contribution in [3.05, 3.63) is 28.8 Å². The number of hydrogen-bond acceptors (Lipinski definition) is 4. The van der Waals surface area contributed by atoms with Gasteiger partial charge in [-0.2, -0.15) is 0 Å². The van der Waals surface area contributed by atoms with Gasteiger partial charge in [0.1, 0.15) is 0 Å². The summed E-state index contributed by atoms with van der Waals surface area (Å²) < 4.78 is 29.0. The highest BCUT2D eigenvalue weighted by atomic mass is 35.5. The minimum atomic E-state index is -3.27. The summed E-state index contributed by atoms with van der Waals surface area (Å²) in [5.41, 5.74) is 0.641. The van der Waals surface area contributed by atoms with Gasteiger partial charge in [-0.25, -0.2) is 8.42 Å². The van der Waals surface area contributed by atoms with Crippen molar-refractivity contribution >= 4 is 21.4 Å². The largest absolute Gasteiger partial charge is 0.381 e. The van der Waals surface area contributed by atoms with Crippen LogP contribution in [0, 0.1) is 5.92 Å². The second-order valence-corrected chi connectivity index (χ2v) is 7.67. The third-order valence-corrected chi connectivity index (χ3v) is 5.28. The van der Waals surface area contributed by atoms with Crippen molar-refractivity contribution in [1.82, 2.24) is 5.32 Å². The van der Waals surface area contributed by atoms with E-state index in [2.05, 4.69) is 12.2 Å². The highest BCUT2D eigenvalue weighted by Crippen LogP contribution is 2.25. The fourth-order valence-electron chi connectivity index (χ4n) is 2.43. The molecule has 0 aromatic heterocycles. The van der Waals surface area contributed by atoms with Crippen LogP contribution in [0.1, 0.15) is 18.9 Å².